The third-order valence-corrected chi connectivity index (χ3v) is 3.55. The topological polar surface area (TPSA) is 55.1 Å². The number of hydrogen-bond acceptors (Lipinski definition) is 3. The first-order valence-corrected chi connectivity index (χ1v) is 6.90. The van der Waals surface area contributed by atoms with E-state index in [-0.39, 0.29) is 5.91 Å². The molecule has 4 heteroatoms. The standard InChI is InChI=1S/C13H20N2OS/c1-11-6-5-7-12(10-11)17-9-4-2-3-8-13(16)15-14/h5-7,10H,2-4,8-9,14H2,1H3,(H,15,16). The Labute approximate surface area is 107 Å². The maximum absolute atomic E-state index is 10.9. The van der Waals surface area contributed by atoms with Crippen LogP contribution in [0.1, 0.15) is 31.2 Å². The molecule has 1 rings (SSSR count). The van der Waals surface area contributed by atoms with E-state index in [1.54, 1.807) is 0 Å². The average Bonchev–Trinajstić information content (AvgIpc) is 2.33. The Morgan fingerprint density at radius 2 is 2.18 bits per heavy atom. The van der Waals surface area contributed by atoms with Gasteiger partial charge in [-0.25, -0.2) is 5.84 Å². The molecule has 17 heavy (non-hydrogen) atoms. The van der Waals surface area contributed by atoms with E-state index >= 15 is 0 Å². The zero-order valence-corrected chi connectivity index (χ0v) is 11.1. The van der Waals surface area contributed by atoms with E-state index in [0.717, 1.165) is 25.0 Å². The molecular formula is C13H20N2OS. The van der Waals surface area contributed by atoms with Crippen molar-refractivity contribution >= 4 is 17.7 Å². The summed E-state index contributed by atoms with van der Waals surface area (Å²) in [6.07, 6.45) is 3.66. The molecule has 94 valence electrons. The molecule has 0 aliphatic rings. The number of nitrogens with two attached hydrogens (primary N) is 1. The van der Waals surface area contributed by atoms with E-state index in [1.807, 2.05) is 11.8 Å². The van der Waals surface area contributed by atoms with Gasteiger partial charge in [0.1, 0.15) is 0 Å². The molecule has 0 heterocycles. The molecule has 0 bridgehead atoms. The molecular weight excluding hydrogens is 232 g/mol. The summed E-state index contributed by atoms with van der Waals surface area (Å²) in [5.74, 6) is 6.03. The molecule has 0 aliphatic heterocycles. The summed E-state index contributed by atoms with van der Waals surface area (Å²) < 4.78 is 0. The van der Waals surface area contributed by atoms with Gasteiger partial charge < -0.3 is 0 Å². The van der Waals surface area contributed by atoms with Crippen LogP contribution in [0.25, 0.3) is 0 Å². The van der Waals surface area contributed by atoms with Crippen molar-refractivity contribution in [3.8, 4) is 0 Å². The quantitative estimate of drug-likeness (QED) is 0.258. The van der Waals surface area contributed by atoms with Crippen LogP contribution >= 0.6 is 11.8 Å². The van der Waals surface area contributed by atoms with Crippen molar-refractivity contribution < 1.29 is 4.79 Å². The number of amides is 1. The van der Waals surface area contributed by atoms with Gasteiger partial charge in [0.2, 0.25) is 5.91 Å². The first-order valence-electron chi connectivity index (χ1n) is 5.91. The van der Waals surface area contributed by atoms with Gasteiger partial charge in [-0.3, -0.25) is 10.2 Å². The van der Waals surface area contributed by atoms with Crippen molar-refractivity contribution in [3.05, 3.63) is 29.8 Å². The highest BCUT2D eigenvalue weighted by Crippen LogP contribution is 2.20. The third-order valence-electron chi connectivity index (χ3n) is 2.47. The van der Waals surface area contributed by atoms with Gasteiger partial charge in [0.25, 0.3) is 0 Å². The van der Waals surface area contributed by atoms with Crippen LogP contribution in [0.4, 0.5) is 0 Å². The van der Waals surface area contributed by atoms with Gasteiger partial charge in [0.15, 0.2) is 0 Å². The number of benzene rings is 1. The number of thioether (sulfide) groups is 1. The summed E-state index contributed by atoms with van der Waals surface area (Å²) >= 11 is 1.87. The van der Waals surface area contributed by atoms with Gasteiger partial charge in [-0.2, -0.15) is 0 Å². The molecule has 0 atom stereocenters. The number of hydrazine groups is 1. The summed E-state index contributed by atoms with van der Waals surface area (Å²) in [6, 6.07) is 8.53. The fourth-order valence-corrected chi connectivity index (χ4v) is 2.56. The monoisotopic (exact) mass is 252 g/mol. The van der Waals surface area contributed by atoms with E-state index in [9.17, 15) is 4.79 Å². The Hall–Kier alpha value is -1.00. The predicted molar refractivity (Wildman–Crippen MR) is 72.7 cm³/mol. The van der Waals surface area contributed by atoms with Crippen LogP contribution in [-0.2, 0) is 4.79 Å². The molecule has 0 saturated heterocycles. The fourth-order valence-electron chi connectivity index (χ4n) is 1.53. The first kappa shape index (κ1) is 14.1. The number of aryl methyl sites for hydroxylation is 1. The second-order valence-corrected chi connectivity index (χ2v) is 5.21. The Morgan fingerprint density at radius 1 is 1.35 bits per heavy atom. The van der Waals surface area contributed by atoms with Gasteiger partial charge in [0.05, 0.1) is 0 Å². The normalized spacial score (nSPS) is 10.2. The zero-order valence-electron chi connectivity index (χ0n) is 10.2. The van der Waals surface area contributed by atoms with Crippen molar-refractivity contribution in [2.75, 3.05) is 5.75 Å². The molecule has 0 spiro atoms. The van der Waals surface area contributed by atoms with E-state index in [0.29, 0.717) is 6.42 Å². The van der Waals surface area contributed by atoms with Crippen LogP contribution in [0.3, 0.4) is 0 Å². The Bertz CT molecular complexity index is 355. The van der Waals surface area contributed by atoms with Gasteiger partial charge >= 0.3 is 0 Å². The highest BCUT2D eigenvalue weighted by Gasteiger charge is 1.98. The van der Waals surface area contributed by atoms with Gasteiger partial charge in [-0.1, -0.05) is 24.1 Å². The molecule has 0 fully saturated rings. The summed E-state index contributed by atoms with van der Waals surface area (Å²) in [5.41, 5.74) is 3.44. The van der Waals surface area contributed by atoms with Gasteiger partial charge in [0, 0.05) is 11.3 Å². The molecule has 0 radical (unpaired) electrons. The molecule has 0 saturated carbocycles. The average molecular weight is 252 g/mol. The van der Waals surface area contributed by atoms with Crippen molar-refractivity contribution in [2.45, 2.75) is 37.5 Å². The molecule has 3 N–H and O–H groups in total. The third kappa shape index (κ3) is 6.34. The molecule has 1 aromatic rings. The molecule has 0 aromatic heterocycles. The first-order chi connectivity index (χ1) is 8.22. The smallest absolute Gasteiger partial charge is 0.233 e. The second kappa shape index (κ2) is 8.14. The largest absolute Gasteiger partial charge is 0.294 e. The predicted octanol–water partition coefficient (Wildman–Crippen LogP) is 2.64. The highest BCUT2D eigenvalue weighted by molar-refractivity contribution is 7.99. The minimum absolute atomic E-state index is 0.0728. The maximum Gasteiger partial charge on any atom is 0.233 e. The lowest BCUT2D eigenvalue weighted by molar-refractivity contribution is -0.121. The molecule has 3 nitrogen and oxygen atoms in total. The van der Waals surface area contributed by atoms with Crippen LogP contribution in [0.5, 0.6) is 0 Å². The lowest BCUT2D eigenvalue weighted by Crippen LogP contribution is -2.29. The number of carbonyl (C=O) groups excluding carboxylic acids is 1. The second-order valence-electron chi connectivity index (χ2n) is 4.04. The van der Waals surface area contributed by atoms with Crippen LogP contribution in [0, 0.1) is 6.92 Å². The minimum atomic E-state index is -0.0728. The zero-order chi connectivity index (χ0) is 12.5. The molecule has 1 amide bonds. The molecule has 0 aliphatic carbocycles. The lowest BCUT2D eigenvalue weighted by atomic mass is 10.2. The summed E-state index contributed by atoms with van der Waals surface area (Å²) in [5, 5.41) is 0. The lowest BCUT2D eigenvalue weighted by Gasteiger charge is -2.03. The van der Waals surface area contributed by atoms with Gasteiger partial charge in [-0.15, -0.1) is 11.8 Å². The SMILES string of the molecule is Cc1cccc(SCCCCCC(=O)NN)c1. The van der Waals surface area contributed by atoms with Crippen LogP contribution in [0.15, 0.2) is 29.2 Å². The van der Waals surface area contributed by atoms with E-state index in [4.69, 9.17) is 5.84 Å². The molecule has 0 unspecified atom stereocenters. The van der Waals surface area contributed by atoms with Crippen molar-refractivity contribution in [1.29, 1.82) is 0 Å². The van der Waals surface area contributed by atoms with Gasteiger partial charge in [-0.05, 0) is 37.7 Å². The number of carbonyl (C=O) groups is 1. The van der Waals surface area contributed by atoms with Crippen LogP contribution < -0.4 is 11.3 Å². The van der Waals surface area contributed by atoms with Crippen molar-refractivity contribution in [3.63, 3.8) is 0 Å². The Morgan fingerprint density at radius 3 is 2.88 bits per heavy atom. The minimum Gasteiger partial charge on any atom is -0.294 e. The van der Waals surface area contributed by atoms with Crippen molar-refractivity contribution in [2.24, 2.45) is 5.84 Å². The summed E-state index contributed by atoms with van der Waals surface area (Å²) in [4.78, 5) is 12.2. The van der Waals surface area contributed by atoms with E-state index in [1.165, 1.54) is 10.5 Å². The van der Waals surface area contributed by atoms with Crippen LogP contribution in [0.2, 0.25) is 0 Å². The van der Waals surface area contributed by atoms with E-state index in [2.05, 4.69) is 36.6 Å². The Balaban J connectivity index is 2.06. The van der Waals surface area contributed by atoms with Crippen LogP contribution in [-0.4, -0.2) is 11.7 Å². The van der Waals surface area contributed by atoms with Crippen molar-refractivity contribution in [1.82, 2.24) is 5.43 Å². The number of rotatable bonds is 7. The number of unbranched alkanes of at least 4 members (excludes halogenated alkanes) is 2. The number of nitrogens with one attached hydrogen (secondary N) is 1. The number of hydrogen-bond donors (Lipinski definition) is 2. The fraction of sp³-hybridized carbons (Fsp3) is 0.462. The highest BCUT2D eigenvalue weighted by atomic mass is 32.2. The molecule has 1 aromatic carbocycles. The maximum atomic E-state index is 10.9. The van der Waals surface area contributed by atoms with E-state index < -0.39 is 0 Å². The summed E-state index contributed by atoms with van der Waals surface area (Å²) in [6.45, 7) is 2.11. The summed E-state index contributed by atoms with van der Waals surface area (Å²) in [7, 11) is 0. The Kier molecular flexibility index (Phi) is 6.74.